The van der Waals surface area contributed by atoms with Crippen molar-refractivity contribution in [1.29, 1.82) is 5.26 Å². The van der Waals surface area contributed by atoms with E-state index in [1.807, 2.05) is 6.07 Å². The molecule has 0 saturated carbocycles. The number of fused-ring (bicyclic) bond motifs is 1. The van der Waals surface area contributed by atoms with E-state index in [0.717, 1.165) is 50.6 Å². The molecular formula is C15H20N4. The van der Waals surface area contributed by atoms with E-state index in [9.17, 15) is 5.26 Å². The molecule has 4 nitrogen and oxygen atoms in total. The van der Waals surface area contributed by atoms with Crippen LogP contribution >= 0.6 is 0 Å². The molecule has 2 N–H and O–H groups in total. The highest BCUT2D eigenvalue weighted by Gasteiger charge is 2.17. The number of pyridine rings is 1. The van der Waals surface area contributed by atoms with E-state index in [2.05, 4.69) is 21.7 Å². The molecule has 1 fully saturated rings. The predicted molar refractivity (Wildman–Crippen MR) is 75.1 cm³/mol. The number of anilines is 1. The van der Waals surface area contributed by atoms with Gasteiger partial charge in [-0.25, -0.2) is 4.98 Å². The molecular weight excluding hydrogens is 236 g/mol. The number of aromatic nitrogens is 1. The van der Waals surface area contributed by atoms with E-state index in [0.29, 0.717) is 5.56 Å². The largest absolute Gasteiger partial charge is 0.369 e. The van der Waals surface area contributed by atoms with Gasteiger partial charge in [-0.1, -0.05) is 0 Å². The van der Waals surface area contributed by atoms with E-state index in [1.54, 1.807) is 0 Å². The molecule has 0 spiro atoms. The summed E-state index contributed by atoms with van der Waals surface area (Å²) < 4.78 is 0. The fourth-order valence-corrected chi connectivity index (χ4v) is 3.05. The summed E-state index contributed by atoms with van der Waals surface area (Å²) in [4.78, 5) is 4.64. The van der Waals surface area contributed by atoms with Crippen molar-refractivity contribution in [2.75, 3.05) is 25.0 Å². The van der Waals surface area contributed by atoms with Gasteiger partial charge in [0.05, 0.1) is 5.56 Å². The average Bonchev–Trinajstić information content (AvgIpc) is 3.08. The monoisotopic (exact) mass is 256 g/mol. The van der Waals surface area contributed by atoms with Gasteiger partial charge in [-0.3, -0.25) is 0 Å². The lowest BCUT2D eigenvalue weighted by atomic mass is 10.1. The molecule has 0 aromatic carbocycles. The molecule has 19 heavy (non-hydrogen) atoms. The van der Waals surface area contributed by atoms with Crippen LogP contribution in [0.5, 0.6) is 0 Å². The third-order valence-electron chi connectivity index (χ3n) is 4.18. The third-order valence-corrected chi connectivity index (χ3v) is 4.18. The summed E-state index contributed by atoms with van der Waals surface area (Å²) in [5.41, 5.74) is 3.15. The first kappa shape index (κ1) is 12.4. The number of nitriles is 1. The van der Waals surface area contributed by atoms with Gasteiger partial charge in [-0.05, 0) is 62.7 Å². The summed E-state index contributed by atoms with van der Waals surface area (Å²) in [5, 5.41) is 16.0. The summed E-state index contributed by atoms with van der Waals surface area (Å²) in [5.74, 6) is 1.56. The van der Waals surface area contributed by atoms with Gasteiger partial charge < -0.3 is 10.6 Å². The molecule has 1 saturated heterocycles. The average molecular weight is 256 g/mol. The second-order valence-corrected chi connectivity index (χ2v) is 5.53. The lowest BCUT2D eigenvalue weighted by Gasteiger charge is -2.12. The van der Waals surface area contributed by atoms with Crippen molar-refractivity contribution in [3.63, 3.8) is 0 Å². The summed E-state index contributed by atoms with van der Waals surface area (Å²) in [7, 11) is 0. The van der Waals surface area contributed by atoms with Crippen LogP contribution in [0.15, 0.2) is 6.07 Å². The summed E-state index contributed by atoms with van der Waals surface area (Å²) in [6.07, 6.45) is 5.72. The molecule has 1 aliphatic carbocycles. The van der Waals surface area contributed by atoms with Crippen molar-refractivity contribution >= 4 is 5.82 Å². The molecule has 1 aromatic heterocycles. The first-order chi connectivity index (χ1) is 9.36. The van der Waals surface area contributed by atoms with Crippen molar-refractivity contribution < 1.29 is 0 Å². The van der Waals surface area contributed by atoms with Crippen LogP contribution in [0.1, 0.15) is 36.1 Å². The Balaban J connectivity index is 1.64. The maximum absolute atomic E-state index is 9.22. The Kier molecular flexibility index (Phi) is 3.65. The highest BCUT2D eigenvalue weighted by atomic mass is 15.0. The van der Waals surface area contributed by atoms with Crippen LogP contribution in [0.2, 0.25) is 0 Å². The van der Waals surface area contributed by atoms with Crippen molar-refractivity contribution in [2.45, 2.75) is 32.1 Å². The van der Waals surface area contributed by atoms with E-state index in [-0.39, 0.29) is 0 Å². The van der Waals surface area contributed by atoms with Crippen LogP contribution in [-0.4, -0.2) is 24.6 Å². The Labute approximate surface area is 114 Å². The van der Waals surface area contributed by atoms with Crippen LogP contribution in [-0.2, 0) is 12.8 Å². The van der Waals surface area contributed by atoms with Crippen molar-refractivity contribution in [2.24, 2.45) is 5.92 Å². The fourth-order valence-electron chi connectivity index (χ4n) is 3.05. The predicted octanol–water partition coefficient (Wildman–Crippen LogP) is 1.85. The lowest BCUT2D eigenvalue weighted by Crippen LogP contribution is -2.14. The van der Waals surface area contributed by atoms with Crippen molar-refractivity contribution in [3.05, 3.63) is 22.9 Å². The first-order valence-electron chi connectivity index (χ1n) is 7.24. The Bertz CT molecular complexity index is 498. The maximum Gasteiger partial charge on any atom is 0.144 e. The van der Waals surface area contributed by atoms with Gasteiger partial charge in [-0.2, -0.15) is 5.26 Å². The van der Waals surface area contributed by atoms with Crippen LogP contribution in [0, 0.1) is 17.2 Å². The zero-order chi connectivity index (χ0) is 13.1. The minimum Gasteiger partial charge on any atom is -0.369 e. The second kappa shape index (κ2) is 5.58. The van der Waals surface area contributed by atoms with Gasteiger partial charge in [0.15, 0.2) is 0 Å². The Morgan fingerprint density at radius 2 is 2.42 bits per heavy atom. The number of hydrogen-bond acceptors (Lipinski definition) is 4. The van der Waals surface area contributed by atoms with E-state index in [1.165, 1.54) is 24.1 Å². The van der Waals surface area contributed by atoms with Gasteiger partial charge in [-0.15, -0.1) is 0 Å². The molecule has 3 rings (SSSR count). The topological polar surface area (TPSA) is 60.7 Å². The molecule has 1 aliphatic heterocycles. The zero-order valence-corrected chi connectivity index (χ0v) is 11.2. The summed E-state index contributed by atoms with van der Waals surface area (Å²) >= 11 is 0. The number of rotatable bonds is 4. The third kappa shape index (κ3) is 2.71. The normalized spacial score (nSPS) is 21.1. The van der Waals surface area contributed by atoms with Gasteiger partial charge in [0.1, 0.15) is 11.9 Å². The minimum atomic E-state index is 0.699. The van der Waals surface area contributed by atoms with Gasteiger partial charge in [0.25, 0.3) is 0 Å². The highest BCUT2D eigenvalue weighted by Crippen LogP contribution is 2.25. The smallest absolute Gasteiger partial charge is 0.144 e. The van der Waals surface area contributed by atoms with Gasteiger partial charge >= 0.3 is 0 Å². The van der Waals surface area contributed by atoms with Gasteiger partial charge in [0.2, 0.25) is 0 Å². The van der Waals surface area contributed by atoms with Crippen molar-refractivity contribution in [1.82, 2.24) is 10.3 Å². The molecule has 100 valence electrons. The molecule has 2 heterocycles. The summed E-state index contributed by atoms with van der Waals surface area (Å²) in [6, 6.07) is 4.29. The second-order valence-electron chi connectivity index (χ2n) is 5.53. The molecule has 1 aromatic rings. The maximum atomic E-state index is 9.22. The van der Waals surface area contributed by atoms with E-state index < -0.39 is 0 Å². The molecule has 1 unspecified atom stereocenters. The molecule has 2 aliphatic rings. The van der Waals surface area contributed by atoms with E-state index >= 15 is 0 Å². The standard InChI is InChI=1S/C15H20N4/c16-9-13-8-12-2-1-3-14(12)19-15(13)18-7-5-11-4-6-17-10-11/h8,11,17H,1-7,10H2,(H,18,19). The minimum absolute atomic E-state index is 0.699. The number of nitrogens with zero attached hydrogens (tertiary/aromatic N) is 2. The molecule has 0 bridgehead atoms. The van der Waals surface area contributed by atoms with Gasteiger partial charge in [0, 0.05) is 12.2 Å². The molecule has 0 amide bonds. The number of nitrogens with one attached hydrogen (secondary N) is 2. The lowest BCUT2D eigenvalue weighted by molar-refractivity contribution is 0.549. The van der Waals surface area contributed by atoms with E-state index in [4.69, 9.17) is 0 Å². The highest BCUT2D eigenvalue weighted by molar-refractivity contribution is 5.55. The van der Waals surface area contributed by atoms with Crippen LogP contribution in [0.4, 0.5) is 5.82 Å². The van der Waals surface area contributed by atoms with Crippen LogP contribution < -0.4 is 10.6 Å². The molecule has 1 atom stereocenters. The number of aryl methyl sites for hydroxylation is 2. The Hall–Kier alpha value is -1.60. The zero-order valence-electron chi connectivity index (χ0n) is 11.2. The summed E-state index contributed by atoms with van der Waals surface area (Å²) in [6.45, 7) is 3.18. The molecule has 4 heteroatoms. The first-order valence-corrected chi connectivity index (χ1v) is 7.24. The quantitative estimate of drug-likeness (QED) is 0.863. The fraction of sp³-hybridized carbons (Fsp3) is 0.600. The van der Waals surface area contributed by atoms with Crippen LogP contribution in [0.25, 0.3) is 0 Å². The number of hydrogen-bond donors (Lipinski definition) is 2. The van der Waals surface area contributed by atoms with Crippen molar-refractivity contribution in [3.8, 4) is 6.07 Å². The SMILES string of the molecule is N#Cc1cc2c(nc1NCCC1CCNC1)CCC2. The Morgan fingerprint density at radius 1 is 1.47 bits per heavy atom. The Morgan fingerprint density at radius 3 is 3.21 bits per heavy atom. The molecule has 0 radical (unpaired) electrons. The van der Waals surface area contributed by atoms with Crippen LogP contribution in [0.3, 0.4) is 0 Å².